The molecule has 0 aliphatic carbocycles. The SMILES string of the molecule is FC(F)(F)c1ccc(Br)c(OCc2ccccc2)c1Cl. The fourth-order valence-corrected chi connectivity index (χ4v) is 2.50. The van der Waals surface area contributed by atoms with Crippen molar-refractivity contribution in [1.29, 1.82) is 0 Å². The highest BCUT2D eigenvalue weighted by Gasteiger charge is 2.35. The van der Waals surface area contributed by atoms with Crippen molar-refractivity contribution in [2.24, 2.45) is 0 Å². The van der Waals surface area contributed by atoms with E-state index in [1.54, 1.807) is 0 Å². The standard InChI is InChI=1S/C14H9BrClF3O/c15-11-7-6-10(14(17,18)19)12(16)13(11)20-8-9-4-2-1-3-5-9/h1-7H,8H2. The fourth-order valence-electron chi connectivity index (χ4n) is 1.61. The van der Waals surface area contributed by atoms with Crippen LogP contribution in [0.5, 0.6) is 5.75 Å². The highest BCUT2D eigenvalue weighted by atomic mass is 79.9. The van der Waals surface area contributed by atoms with E-state index in [4.69, 9.17) is 16.3 Å². The van der Waals surface area contributed by atoms with E-state index < -0.39 is 16.8 Å². The minimum atomic E-state index is -4.51. The Morgan fingerprint density at radius 1 is 1.05 bits per heavy atom. The average Bonchev–Trinajstić information content (AvgIpc) is 2.38. The summed E-state index contributed by atoms with van der Waals surface area (Å²) < 4.78 is 44.1. The Kier molecular flexibility index (Phi) is 4.60. The van der Waals surface area contributed by atoms with Gasteiger partial charge in [0.15, 0.2) is 5.75 Å². The zero-order valence-corrected chi connectivity index (χ0v) is 12.4. The van der Waals surface area contributed by atoms with Crippen LogP contribution in [0.25, 0.3) is 0 Å². The molecular formula is C14H9BrClF3O. The van der Waals surface area contributed by atoms with Crippen LogP contribution in [0.3, 0.4) is 0 Å². The summed E-state index contributed by atoms with van der Waals surface area (Å²) in [7, 11) is 0. The molecule has 0 saturated heterocycles. The first-order valence-electron chi connectivity index (χ1n) is 5.61. The Morgan fingerprint density at radius 3 is 2.30 bits per heavy atom. The maximum atomic E-state index is 12.8. The van der Waals surface area contributed by atoms with Crippen molar-refractivity contribution in [3.8, 4) is 5.75 Å². The lowest BCUT2D eigenvalue weighted by Crippen LogP contribution is -2.07. The molecule has 2 aromatic carbocycles. The molecule has 0 N–H and O–H groups in total. The van der Waals surface area contributed by atoms with Crippen molar-refractivity contribution in [2.75, 3.05) is 0 Å². The van der Waals surface area contributed by atoms with Crippen molar-refractivity contribution in [3.63, 3.8) is 0 Å². The molecule has 0 bridgehead atoms. The van der Waals surface area contributed by atoms with Gasteiger partial charge in [0.2, 0.25) is 0 Å². The lowest BCUT2D eigenvalue weighted by molar-refractivity contribution is -0.137. The first-order chi connectivity index (χ1) is 9.39. The average molecular weight is 366 g/mol. The summed E-state index contributed by atoms with van der Waals surface area (Å²) >= 11 is 8.93. The van der Waals surface area contributed by atoms with E-state index in [2.05, 4.69) is 15.9 Å². The third-order valence-electron chi connectivity index (χ3n) is 2.58. The van der Waals surface area contributed by atoms with Crippen molar-refractivity contribution < 1.29 is 17.9 Å². The zero-order valence-electron chi connectivity index (χ0n) is 10.0. The van der Waals surface area contributed by atoms with Crippen LogP contribution in [0.1, 0.15) is 11.1 Å². The van der Waals surface area contributed by atoms with Gasteiger partial charge in [-0.1, -0.05) is 41.9 Å². The van der Waals surface area contributed by atoms with Gasteiger partial charge in [-0.25, -0.2) is 0 Å². The summed E-state index contributed by atoms with van der Waals surface area (Å²) in [6.07, 6.45) is -4.51. The molecule has 0 aliphatic rings. The third-order valence-corrected chi connectivity index (χ3v) is 3.58. The Hall–Kier alpha value is -1.20. The number of hydrogen-bond donors (Lipinski definition) is 0. The van der Waals surface area contributed by atoms with Crippen molar-refractivity contribution in [2.45, 2.75) is 12.8 Å². The van der Waals surface area contributed by atoms with Crippen LogP contribution in [0.4, 0.5) is 13.2 Å². The minimum Gasteiger partial charge on any atom is -0.486 e. The van der Waals surface area contributed by atoms with Gasteiger partial charge >= 0.3 is 6.18 Å². The number of alkyl halides is 3. The summed E-state index contributed by atoms with van der Waals surface area (Å²) in [4.78, 5) is 0. The molecule has 2 rings (SSSR count). The van der Waals surface area contributed by atoms with Gasteiger partial charge in [-0.2, -0.15) is 13.2 Å². The Labute approximate surface area is 127 Å². The van der Waals surface area contributed by atoms with Gasteiger partial charge in [0, 0.05) is 0 Å². The van der Waals surface area contributed by atoms with Crippen LogP contribution in [0.15, 0.2) is 46.9 Å². The first kappa shape index (κ1) is 15.2. The molecule has 0 fully saturated rings. The van der Waals surface area contributed by atoms with Gasteiger partial charge in [0.25, 0.3) is 0 Å². The highest BCUT2D eigenvalue weighted by Crippen LogP contribution is 2.43. The highest BCUT2D eigenvalue weighted by molar-refractivity contribution is 9.10. The van der Waals surface area contributed by atoms with Crippen LogP contribution in [-0.2, 0) is 12.8 Å². The van der Waals surface area contributed by atoms with Gasteiger partial charge in [0.1, 0.15) is 6.61 Å². The topological polar surface area (TPSA) is 9.23 Å². The predicted octanol–water partition coefficient (Wildman–Crippen LogP) is 5.70. The molecule has 0 unspecified atom stereocenters. The van der Waals surface area contributed by atoms with Gasteiger partial charge in [0.05, 0.1) is 15.1 Å². The quantitative estimate of drug-likeness (QED) is 0.678. The van der Waals surface area contributed by atoms with Crippen LogP contribution in [0.2, 0.25) is 5.02 Å². The van der Waals surface area contributed by atoms with Crippen molar-refractivity contribution >= 4 is 27.5 Å². The summed E-state index contributed by atoms with van der Waals surface area (Å²) in [5.41, 5.74) is -0.0710. The molecule has 0 aliphatic heterocycles. The Bertz CT molecular complexity index is 599. The van der Waals surface area contributed by atoms with Gasteiger partial charge in [-0.05, 0) is 33.6 Å². The van der Waals surface area contributed by atoms with Gasteiger partial charge in [-0.15, -0.1) is 0 Å². The van der Waals surface area contributed by atoms with E-state index in [0.717, 1.165) is 11.6 Å². The lowest BCUT2D eigenvalue weighted by atomic mass is 10.2. The van der Waals surface area contributed by atoms with E-state index in [-0.39, 0.29) is 12.4 Å². The monoisotopic (exact) mass is 364 g/mol. The molecule has 0 heterocycles. The number of halogens is 5. The summed E-state index contributed by atoms with van der Waals surface area (Å²) in [6, 6.07) is 11.3. The lowest BCUT2D eigenvalue weighted by Gasteiger charge is -2.15. The maximum Gasteiger partial charge on any atom is 0.417 e. The fraction of sp³-hybridized carbons (Fsp3) is 0.143. The normalized spacial score (nSPS) is 11.4. The van der Waals surface area contributed by atoms with Crippen LogP contribution < -0.4 is 4.74 Å². The number of ether oxygens (including phenoxy) is 1. The van der Waals surface area contributed by atoms with E-state index in [1.807, 2.05) is 30.3 Å². The number of rotatable bonds is 3. The third kappa shape index (κ3) is 3.46. The number of benzene rings is 2. The van der Waals surface area contributed by atoms with Crippen LogP contribution in [0, 0.1) is 0 Å². The maximum absolute atomic E-state index is 12.8. The smallest absolute Gasteiger partial charge is 0.417 e. The molecule has 1 nitrogen and oxygen atoms in total. The molecular weight excluding hydrogens is 357 g/mol. The molecule has 6 heteroatoms. The largest absolute Gasteiger partial charge is 0.486 e. The molecule has 0 atom stereocenters. The van der Waals surface area contributed by atoms with E-state index in [9.17, 15) is 13.2 Å². The second-order valence-corrected chi connectivity index (χ2v) is 5.24. The minimum absolute atomic E-state index is 0.00894. The predicted molar refractivity (Wildman–Crippen MR) is 74.9 cm³/mol. The Morgan fingerprint density at radius 2 is 1.70 bits per heavy atom. The molecule has 106 valence electrons. The second-order valence-electron chi connectivity index (χ2n) is 4.01. The van der Waals surface area contributed by atoms with Crippen molar-refractivity contribution in [1.82, 2.24) is 0 Å². The zero-order chi connectivity index (χ0) is 14.8. The van der Waals surface area contributed by atoms with Crippen molar-refractivity contribution in [3.05, 3.63) is 63.1 Å². The summed E-state index contributed by atoms with van der Waals surface area (Å²) in [6.45, 7) is 0.139. The van der Waals surface area contributed by atoms with Gasteiger partial charge < -0.3 is 4.74 Å². The Balaban J connectivity index is 2.27. The molecule has 0 saturated carbocycles. The molecule has 0 radical (unpaired) electrons. The second kappa shape index (κ2) is 6.06. The van der Waals surface area contributed by atoms with E-state index >= 15 is 0 Å². The number of hydrogen-bond acceptors (Lipinski definition) is 1. The molecule has 20 heavy (non-hydrogen) atoms. The summed E-state index contributed by atoms with van der Waals surface area (Å²) in [5, 5.41) is -0.442. The summed E-state index contributed by atoms with van der Waals surface area (Å²) in [5.74, 6) is -0.00894. The molecule has 0 spiro atoms. The van der Waals surface area contributed by atoms with Crippen LogP contribution >= 0.6 is 27.5 Å². The van der Waals surface area contributed by atoms with E-state index in [1.165, 1.54) is 6.07 Å². The van der Waals surface area contributed by atoms with E-state index in [0.29, 0.717) is 4.47 Å². The molecule has 2 aromatic rings. The first-order valence-corrected chi connectivity index (χ1v) is 6.78. The molecule has 0 amide bonds. The molecule has 0 aromatic heterocycles. The van der Waals surface area contributed by atoms with Gasteiger partial charge in [-0.3, -0.25) is 0 Å². The van der Waals surface area contributed by atoms with Crippen LogP contribution in [-0.4, -0.2) is 0 Å².